The number of hydrogen-bond donors (Lipinski definition) is 3. The van der Waals surface area contributed by atoms with Crippen molar-refractivity contribution < 1.29 is 9.90 Å². The zero-order valence-electron chi connectivity index (χ0n) is 8.87. The van der Waals surface area contributed by atoms with Gasteiger partial charge < -0.3 is 10.8 Å². The van der Waals surface area contributed by atoms with Crippen LogP contribution in [0, 0.1) is 0 Å². The number of fused-ring (bicyclic) bond motifs is 1. The number of aromatic nitrogens is 2. The number of pyridine rings is 1. The molecule has 0 saturated carbocycles. The van der Waals surface area contributed by atoms with Crippen LogP contribution in [0.5, 0.6) is 0 Å². The monoisotopic (exact) mass is 233 g/mol. The molecule has 2 aromatic heterocycles. The molecule has 17 heavy (non-hydrogen) atoms. The summed E-state index contributed by atoms with van der Waals surface area (Å²) in [5, 5.41) is 9.40. The Hall–Kier alpha value is -2.57. The van der Waals surface area contributed by atoms with Gasteiger partial charge in [-0.05, 0) is 12.1 Å². The van der Waals surface area contributed by atoms with Gasteiger partial charge in [-0.1, -0.05) is 0 Å². The minimum atomic E-state index is -1.03. The van der Waals surface area contributed by atoms with Gasteiger partial charge in [-0.25, -0.2) is 4.99 Å². The second-order valence-corrected chi connectivity index (χ2v) is 3.33. The highest BCUT2D eigenvalue weighted by Crippen LogP contribution is 2.11. The summed E-state index contributed by atoms with van der Waals surface area (Å²) in [5.41, 5.74) is 9.20. The largest absolute Gasteiger partial charge is 0.480 e. The highest BCUT2D eigenvalue weighted by molar-refractivity contribution is 5.89. The summed E-state index contributed by atoms with van der Waals surface area (Å²) < 4.78 is 1.65. The van der Waals surface area contributed by atoms with Gasteiger partial charge in [0.1, 0.15) is 6.54 Å². The molecule has 2 aromatic rings. The van der Waals surface area contributed by atoms with Gasteiger partial charge in [0.25, 0.3) is 0 Å². The van der Waals surface area contributed by atoms with E-state index in [2.05, 4.69) is 15.4 Å². The smallest absolute Gasteiger partial charge is 0.325 e. The Bertz CT molecular complexity index is 575. The lowest BCUT2D eigenvalue weighted by Gasteiger charge is -2.07. The molecule has 0 spiro atoms. The Kier molecular flexibility index (Phi) is 2.91. The van der Waals surface area contributed by atoms with Crippen LogP contribution in [-0.2, 0) is 4.79 Å². The number of aliphatic carboxylic acids is 1. The van der Waals surface area contributed by atoms with E-state index in [0.29, 0.717) is 0 Å². The first-order valence-electron chi connectivity index (χ1n) is 4.86. The van der Waals surface area contributed by atoms with E-state index in [4.69, 9.17) is 10.8 Å². The molecular formula is C10H11N5O2. The van der Waals surface area contributed by atoms with E-state index in [1.54, 1.807) is 23.3 Å². The van der Waals surface area contributed by atoms with Crippen LogP contribution < -0.4 is 11.2 Å². The molecule has 88 valence electrons. The van der Waals surface area contributed by atoms with Gasteiger partial charge in [0, 0.05) is 24.0 Å². The molecule has 0 saturated heterocycles. The summed E-state index contributed by atoms with van der Waals surface area (Å²) in [7, 11) is 0. The minimum absolute atomic E-state index is 0.0433. The van der Waals surface area contributed by atoms with Gasteiger partial charge >= 0.3 is 5.97 Å². The molecule has 7 nitrogen and oxygen atoms in total. The van der Waals surface area contributed by atoms with E-state index >= 15 is 0 Å². The maximum absolute atomic E-state index is 10.3. The maximum atomic E-state index is 10.3. The number of hydrogen-bond acceptors (Lipinski definition) is 3. The van der Waals surface area contributed by atoms with Crippen molar-refractivity contribution in [2.75, 3.05) is 12.0 Å². The number of guanidine groups is 1. The predicted octanol–water partition coefficient (Wildman–Crippen LogP) is -0.0209. The van der Waals surface area contributed by atoms with Gasteiger partial charge in [-0.3, -0.25) is 19.9 Å². The van der Waals surface area contributed by atoms with Crippen LogP contribution in [0.25, 0.3) is 10.9 Å². The Balaban J connectivity index is 2.18. The van der Waals surface area contributed by atoms with Crippen molar-refractivity contribution in [1.82, 2.24) is 9.66 Å². The molecule has 0 fully saturated rings. The molecular weight excluding hydrogens is 222 g/mol. The van der Waals surface area contributed by atoms with E-state index < -0.39 is 5.97 Å². The third-order valence-electron chi connectivity index (χ3n) is 2.11. The van der Waals surface area contributed by atoms with E-state index in [-0.39, 0.29) is 12.5 Å². The molecule has 4 N–H and O–H groups in total. The Morgan fingerprint density at radius 2 is 2.41 bits per heavy atom. The van der Waals surface area contributed by atoms with Crippen molar-refractivity contribution in [3.63, 3.8) is 0 Å². The Morgan fingerprint density at radius 3 is 3.18 bits per heavy atom. The van der Waals surface area contributed by atoms with Crippen molar-refractivity contribution in [2.24, 2.45) is 10.7 Å². The molecule has 0 aromatic carbocycles. The molecule has 0 bridgehead atoms. The second-order valence-electron chi connectivity index (χ2n) is 3.33. The van der Waals surface area contributed by atoms with E-state index in [9.17, 15) is 4.79 Å². The van der Waals surface area contributed by atoms with Crippen molar-refractivity contribution in [3.8, 4) is 0 Å². The SMILES string of the molecule is NC(=NCC(=O)O)Nn1ccc2cnccc21. The molecule has 0 radical (unpaired) electrons. The third-order valence-corrected chi connectivity index (χ3v) is 2.11. The fourth-order valence-electron chi connectivity index (χ4n) is 1.39. The van der Waals surface area contributed by atoms with Gasteiger partial charge in [-0.2, -0.15) is 0 Å². The number of rotatable bonds is 3. The summed E-state index contributed by atoms with van der Waals surface area (Å²) in [5.74, 6) is -0.988. The van der Waals surface area contributed by atoms with Gasteiger partial charge in [0.2, 0.25) is 5.96 Å². The van der Waals surface area contributed by atoms with E-state index in [1.165, 1.54) is 0 Å². The molecule has 0 amide bonds. The highest BCUT2D eigenvalue weighted by Gasteiger charge is 2.01. The molecule has 2 heterocycles. The van der Waals surface area contributed by atoms with Crippen LogP contribution in [0.2, 0.25) is 0 Å². The van der Waals surface area contributed by atoms with Crippen molar-refractivity contribution in [3.05, 3.63) is 30.7 Å². The normalized spacial score (nSPS) is 11.6. The predicted molar refractivity (Wildman–Crippen MR) is 63.2 cm³/mol. The lowest BCUT2D eigenvalue weighted by Crippen LogP contribution is -2.30. The summed E-state index contributed by atoms with van der Waals surface area (Å²) in [6.07, 6.45) is 5.14. The maximum Gasteiger partial charge on any atom is 0.325 e. The number of nitrogens with zero attached hydrogens (tertiary/aromatic N) is 3. The topological polar surface area (TPSA) is 106 Å². The number of nitrogens with two attached hydrogens (primary N) is 1. The van der Waals surface area contributed by atoms with Crippen LogP contribution in [0.3, 0.4) is 0 Å². The first-order valence-corrected chi connectivity index (χ1v) is 4.86. The van der Waals surface area contributed by atoms with Gasteiger partial charge in [0.15, 0.2) is 0 Å². The number of nitrogens with one attached hydrogen (secondary N) is 1. The lowest BCUT2D eigenvalue weighted by molar-refractivity contribution is -0.135. The van der Waals surface area contributed by atoms with Crippen LogP contribution in [0.1, 0.15) is 0 Å². The molecule has 0 unspecified atom stereocenters. The fourth-order valence-corrected chi connectivity index (χ4v) is 1.39. The summed E-state index contributed by atoms with van der Waals surface area (Å²) in [6.45, 7) is -0.362. The first kappa shape index (κ1) is 10.9. The zero-order chi connectivity index (χ0) is 12.3. The third kappa shape index (κ3) is 2.51. The second kappa shape index (κ2) is 4.52. The number of aliphatic imine (C=N–C) groups is 1. The Morgan fingerprint density at radius 1 is 1.59 bits per heavy atom. The van der Waals surface area contributed by atoms with Crippen LogP contribution in [0.15, 0.2) is 35.7 Å². The van der Waals surface area contributed by atoms with Gasteiger partial charge in [-0.15, -0.1) is 0 Å². The lowest BCUT2D eigenvalue weighted by atomic mass is 10.3. The van der Waals surface area contributed by atoms with Crippen molar-refractivity contribution >= 4 is 22.8 Å². The fraction of sp³-hybridized carbons (Fsp3) is 0.100. The summed E-state index contributed by atoms with van der Waals surface area (Å²) in [4.78, 5) is 18.0. The number of carboxylic acids is 1. The highest BCUT2D eigenvalue weighted by atomic mass is 16.4. The van der Waals surface area contributed by atoms with Crippen LogP contribution in [-0.4, -0.2) is 33.2 Å². The zero-order valence-corrected chi connectivity index (χ0v) is 8.87. The molecule has 2 rings (SSSR count). The minimum Gasteiger partial charge on any atom is -0.480 e. The van der Waals surface area contributed by atoms with Crippen molar-refractivity contribution in [2.45, 2.75) is 0 Å². The average Bonchev–Trinajstić information content (AvgIpc) is 2.70. The van der Waals surface area contributed by atoms with E-state index in [0.717, 1.165) is 10.9 Å². The average molecular weight is 233 g/mol. The molecule has 0 aliphatic rings. The Labute approximate surface area is 96.6 Å². The number of carbonyl (C=O) groups is 1. The standard InChI is InChI=1S/C10H11N5O2/c11-10(13-6-9(16)17)14-15-4-2-7-5-12-3-1-8(7)15/h1-5H,6H2,(H,16,17)(H3,11,13,14). The molecule has 0 aliphatic heterocycles. The van der Waals surface area contributed by atoms with Gasteiger partial charge in [0.05, 0.1) is 5.52 Å². The summed E-state index contributed by atoms with van der Waals surface area (Å²) >= 11 is 0. The molecule has 0 atom stereocenters. The number of carboxylic acid groups (broad SMARTS) is 1. The quantitative estimate of drug-likeness (QED) is 0.510. The van der Waals surface area contributed by atoms with Crippen LogP contribution >= 0.6 is 0 Å². The van der Waals surface area contributed by atoms with Crippen molar-refractivity contribution in [1.29, 1.82) is 0 Å². The van der Waals surface area contributed by atoms with Crippen LogP contribution in [0.4, 0.5) is 0 Å². The van der Waals surface area contributed by atoms with E-state index in [1.807, 2.05) is 12.1 Å². The summed E-state index contributed by atoms with van der Waals surface area (Å²) in [6, 6.07) is 3.67. The molecule has 7 heteroatoms. The molecule has 0 aliphatic carbocycles. The first-order chi connectivity index (χ1) is 8.16.